The van der Waals surface area contributed by atoms with Crippen LogP contribution in [0.15, 0.2) is 0 Å². The average Bonchev–Trinajstić information content (AvgIpc) is 2.21. The summed E-state index contributed by atoms with van der Waals surface area (Å²) in [4.78, 5) is 0. The molecule has 69 valence electrons. The highest BCUT2D eigenvalue weighted by Gasteiger charge is 2.24. The van der Waals surface area contributed by atoms with Crippen LogP contribution < -0.4 is 5.32 Å². The van der Waals surface area contributed by atoms with Crippen molar-refractivity contribution in [3.05, 3.63) is 6.42 Å². The lowest BCUT2D eigenvalue weighted by molar-refractivity contribution is 0.225. The lowest BCUT2D eigenvalue weighted by Crippen LogP contribution is -2.32. The second-order valence-electron chi connectivity index (χ2n) is 4.30. The smallest absolute Gasteiger partial charge is 0.00462 e. The quantitative estimate of drug-likeness (QED) is 0.630. The van der Waals surface area contributed by atoms with Gasteiger partial charge in [0.1, 0.15) is 0 Å². The third kappa shape index (κ3) is 2.01. The predicted molar refractivity (Wildman–Crippen MR) is 51.9 cm³/mol. The largest absolute Gasteiger partial charge is 0.317 e. The summed E-state index contributed by atoms with van der Waals surface area (Å²) in [7, 11) is 0. The fraction of sp³-hybridized carbons (Fsp3) is 0.909. The summed E-state index contributed by atoms with van der Waals surface area (Å²) in [5.74, 6) is 2.09. The Morgan fingerprint density at radius 3 is 2.50 bits per heavy atom. The fourth-order valence-corrected chi connectivity index (χ4v) is 2.72. The van der Waals surface area contributed by atoms with E-state index in [9.17, 15) is 0 Å². The van der Waals surface area contributed by atoms with Crippen molar-refractivity contribution in [2.45, 2.75) is 38.5 Å². The molecule has 1 unspecified atom stereocenters. The fourth-order valence-electron chi connectivity index (χ4n) is 2.72. The Morgan fingerprint density at radius 2 is 1.83 bits per heavy atom. The van der Waals surface area contributed by atoms with Gasteiger partial charge in [-0.15, -0.1) is 0 Å². The second kappa shape index (κ2) is 4.27. The summed E-state index contributed by atoms with van der Waals surface area (Å²) >= 11 is 0. The molecule has 0 spiro atoms. The molecule has 2 aliphatic rings. The lowest BCUT2D eigenvalue weighted by Gasteiger charge is -2.33. The summed E-state index contributed by atoms with van der Waals surface area (Å²) in [6.07, 6.45) is 11.1. The van der Waals surface area contributed by atoms with E-state index in [1.807, 2.05) is 0 Å². The molecule has 1 heterocycles. The molecule has 2 fully saturated rings. The van der Waals surface area contributed by atoms with Gasteiger partial charge in [0.05, 0.1) is 0 Å². The third-order valence-electron chi connectivity index (χ3n) is 3.50. The zero-order chi connectivity index (χ0) is 8.23. The van der Waals surface area contributed by atoms with E-state index < -0.39 is 0 Å². The number of rotatable bonds is 1. The first-order chi connectivity index (χ1) is 5.97. The van der Waals surface area contributed by atoms with Gasteiger partial charge in [0.15, 0.2) is 0 Å². The highest BCUT2D eigenvalue weighted by atomic mass is 14.9. The van der Waals surface area contributed by atoms with Crippen molar-refractivity contribution >= 4 is 0 Å². The molecule has 1 N–H and O–H groups in total. The molecule has 1 radical (unpaired) electrons. The van der Waals surface area contributed by atoms with Gasteiger partial charge in [-0.05, 0) is 50.6 Å². The maximum absolute atomic E-state index is 3.44. The molecule has 0 bridgehead atoms. The van der Waals surface area contributed by atoms with Crippen LogP contribution in [0.25, 0.3) is 0 Å². The summed E-state index contributed by atoms with van der Waals surface area (Å²) in [5.41, 5.74) is 0. The Kier molecular flexibility index (Phi) is 3.04. The Labute approximate surface area is 75.9 Å². The molecule has 0 aromatic heterocycles. The molecule has 2 rings (SSSR count). The molecular weight excluding hydrogens is 146 g/mol. The van der Waals surface area contributed by atoms with Gasteiger partial charge in [-0.25, -0.2) is 0 Å². The summed E-state index contributed by atoms with van der Waals surface area (Å²) in [6.45, 7) is 2.53. The first-order valence-corrected chi connectivity index (χ1v) is 5.49. The van der Waals surface area contributed by atoms with E-state index in [2.05, 4.69) is 11.7 Å². The van der Waals surface area contributed by atoms with Crippen LogP contribution >= 0.6 is 0 Å². The Morgan fingerprint density at radius 1 is 1.00 bits per heavy atom. The van der Waals surface area contributed by atoms with E-state index in [-0.39, 0.29) is 0 Å². The van der Waals surface area contributed by atoms with Crippen LogP contribution in [0.1, 0.15) is 38.5 Å². The van der Waals surface area contributed by atoms with E-state index in [1.54, 1.807) is 0 Å². The van der Waals surface area contributed by atoms with Crippen LogP contribution in [-0.2, 0) is 0 Å². The number of nitrogens with one attached hydrogen (secondary N) is 1. The maximum Gasteiger partial charge on any atom is -0.00462 e. The first-order valence-electron chi connectivity index (χ1n) is 5.49. The van der Waals surface area contributed by atoms with Crippen LogP contribution in [0.4, 0.5) is 0 Å². The molecule has 1 nitrogen and oxygen atoms in total. The SMILES string of the molecule is [CH]1CCCC(C2CCNCC2)C1. The maximum atomic E-state index is 3.44. The highest BCUT2D eigenvalue weighted by Crippen LogP contribution is 2.33. The Balaban J connectivity index is 1.80. The zero-order valence-corrected chi connectivity index (χ0v) is 7.89. The lowest BCUT2D eigenvalue weighted by atomic mass is 9.76. The Hall–Kier alpha value is -0.0400. The van der Waals surface area contributed by atoms with Gasteiger partial charge in [-0.2, -0.15) is 0 Å². The van der Waals surface area contributed by atoms with Gasteiger partial charge in [0.25, 0.3) is 0 Å². The van der Waals surface area contributed by atoms with Gasteiger partial charge in [-0.3, -0.25) is 0 Å². The van der Waals surface area contributed by atoms with Crippen LogP contribution in [0, 0.1) is 18.3 Å². The van der Waals surface area contributed by atoms with E-state index in [0.717, 1.165) is 11.8 Å². The van der Waals surface area contributed by atoms with Gasteiger partial charge >= 0.3 is 0 Å². The number of piperidine rings is 1. The van der Waals surface area contributed by atoms with Gasteiger partial charge in [-0.1, -0.05) is 19.3 Å². The van der Waals surface area contributed by atoms with E-state index >= 15 is 0 Å². The van der Waals surface area contributed by atoms with Crippen molar-refractivity contribution in [2.24, 2.45) is 11.8 Å². The van der Waals surface area contributed by atoms with Crippen LogP contribution in [0.2, 0.25) is 0 Å². The van der Waals surface area contributed by atoms with Crippen LogP contribution in [0.3, 0.4) is 0 Å². The second-order valence-corrected chi connectivity index (χ2v) is 4.30. The molecule has 1 saturated heterocycles. The van der Waals surface area contributed by atoms with E-state index in [4.69, 9.17) is 0 Å². The van der Waals surface area contributed by atoms with Crippen LogP contribution in [0.5, 0.6) is 0 Å². The minimum atomic E-state index is 1.04. The van der Waals surface area contributed by atoms with Crippen molar-refractivity contribution in [3.63, 3.8) is 0 Å². The Bertz CT molecular complexity index is 105. The summed E-state index contributed by atoms with van der Waals surface area (Å²) < 4.78 is 0. The third-order valence-corrected chi connectivity index (χ3v) is 3.50. The molecule has 12 heavy (non-hydrogen) atoms. The van der Waals surface area contributed by atoms with Gasteiger partial charge in [0.2, 0.25) is 0 Å². The number of hydrogen-bond donors (Lipinski definition) is 1. The topological polar surface area (TPSA) is 12.0 Å². The molecule has 1 aliphatic carbocycles. The zero-order valence-electron chi connectivity index (χ0n) is 7.89. The first kappa shape index (κ1) is 8.55. The molecule has 1 aliphatic heterocycles. The molecule has 0 amide bonds. The van der Waals surface area contributed by atoms with Crippen molar-refractivity contribution in [1.29, 1.82) is 0 Å². The number of hydrogen-bond acceptors (Lipinski definition) is 1. The molecular formula is C11H20N. The predicted octanol–water partition coefficient (Wildman–Crippen LogP) is 2.38. The minimum Gasteiger partial charge on any atom is -0.317 e. The average molecular weight is 166 g/mol. The minimum absolute atomic E-state index is 1.04. The van der Waals surface area contributed by atoms with Gasteiger partial charge < -0.3 is 5.32 Å². The molecule has 1 atom stereocenters. The molecule has 0 aromatic rings. The van der Waals surface area contributed by atoms with Crippen molar-refractivity contribution in [3.8, 4) is 0 Å². The monoisotopic (exact) mass is 166 g/mol. The van der Waals surface area contributed by atoms with Crippen molar-refractivity contribution in [1.82, 2.24) is 5.32 Å². The summed E-state index contributed by atoms with van der Waals surface area (Å²) in [6, 6.07) is 0. The molecule has 0 aromatic carbocycles. The van der Waals surface area contributed by atoms with Crippen LogP contribution in [-0.4, -0.2) is 13.1 Å². The molecule has 1 saturated carbocycles. The van der Waals surface area contributed by atoms with Crippen molar-refractivity contribution in [2.75, 3.05) is 13.1 Å². The van der Waals surface area contributed by atoms with Crippen molar-refractivity contribution < 1.29 is 0 Å². The molecule has 1 heteroatoms. The van der Waals surface area contributed by atoms with E-state index in [0.29, 0.717) is 0 Å². The normalized spacial score (nSPS) is 29.0. The highest BCUT2D eigenvalue weighted by molar-refractivity contribution is 4.84. The van der Waals surface area contributed by atoms with Gasteiger partial charge in [0, 0.05) is 0 Å². The standard InChI is InChI=1S/C11H20N/c1-2-4-10(5-3-1)11-6-8-12-9-7-11/h2,10-12H,1,3-9H2. The van der Waals surface area contributed by atoms with E-state index in [1.165, 1.54) is 51.6 Å². The summed E-state index contributed by atoms with van der Waals surface area (Å²) in [5, 5.41) is 3.44.